The van der Waals surface area contributed by atoms with Gasteiger partial charge < -0.3 is 9.47 Å². The minimum absolute atomic E-state index is 0.184. The van der Waals surface area contributed by atoms with Crippen molar-refractivity contribution < 1.29 is 14.3 Å². The number of rotatable bonds is 5. The summed E-state index contributed by atoms with van der Waals surface area (Å²) in [6, 6.07) is 18.7. The number of hydrogen-bond acceptors (Lipinski definition) is 3. The third-order valence-corrected chi connectivity index (χ3v) is 5.42. The molecule has 0 saturated heterocycles. The third-order valence-electron chi connectivity index (χ3n) is 4.76. The van der Waals surface area contributed by atoms with Gasteiger partial charge in [-0.05, 0) is 48.9 Å². The summed E-state index contributed by atoms with van der Waals surface area (Å²) in [5.74, 6) is 1.14. The smallest absolute Gasteiger partial charge is 0.231 e. The van der Waals surface area contributed by atoms with Gasteiger partial charge in [-0.3, -0.25) is 4.79 Å². The largest absolute Gasteiger partial charge is 0.489 e. The molecule has 1 heterocycles. The molecule has 150 valence electrons. The Balaban J connectivity index is 1.53. The lowest BCUT2D eigenvalue weighted by Gasteiger charge is -2.10. The van der Waals surface area contributed by atoms with Crippen LogP contribution in [0.5, 0.6) is 11.5 Å². The number of hydrogen-bond donors (Lipinski definition) is 0. The van der Waals surface area contributed by atoms with E-state index in [-0.39, 0.29) is 11.5 Å². The summed E-state index contributed by atoms with van der Waals surface area (Å²) in [6.45, 7) is 2.27. The van der Waals surface area contributed by atoms with Gasteiger partial charge in [-0.25, -0.2) is 0 Å². The fourth-order valence-corrected chi connectivity index (χ4v) is 3.70. The van der Waals surface area contributed by atoms with E-state index in [2.05, 4.69) is 0 Å². The van der Waals surface area contributed by atoms with E-state index < -0.39 is 0 Å². The van der Waals surface area contributed by atoms with Gasteiger partial charge in [0.05, 0.1) is 5.56 Å². The fraction of sp³-hybridized carbons (Fsp3) is 0.0800. The van der Waals surface area contributed by atoms with Crippen molar-refractivity contribution in [2.45, 2.75) is 6.92 Å². The lowest BCUT2D eigenvalue weighted by atomic mass is 10.1. The molecule has 3 aromatic carbocycles. The highest BCUT2D eigenvalue weighted by molar-refractivity contribution is 6.37. The molecule has 0 amide bonds. The van der Waals surface area contributed by atoms with Crippen molar-refractivity contribution >= 4 is 41.1 Å². The van der Waals surface area contributed by atoms with Crippen LogP contribution in [0.2, 0.25) is 10.0 Å². The lowest BCUT2D eigenvalue weighted by molar-refractivity contribution is 0.101. The number of benzene rings is 3. The predicted octanol–water partition coefficient (Wildman–Crippen LogP) is 7.01. The van der Waals surface area contributed by atoms with Gasteiger partial charge in [0.25, 0.3) is 0 Å². The van der Waals surface area contributed by atoms with E-state index in [0.29, 0.717) is 39.3 Å². The Bertz CT molecular complexity index is 1140. The highest BCUT2D eigenvalue weighted by Gasteiger charge is 2.30. The molecule has 0 fully saturated rings. The molecule has 0 saturated carbocycles. The Kier molecular flexibility index (Phi) is 5.93. The van der Waals surface area contributed by atoms with Crippen LogP contribution in [0, 0.1) is 6.92 Å². The van der Waals surface area contributed by atoms with Crippen LogP contribution in [-0.2, 0) is 0 Å². The lowest BCUT2D eigenvalue weighted by Crippen LogP contribution is -1.98. The molecule has 0 radical (unpaired) electrons. The maximum Gasteiger partial charge on any atom is 0.231 e. The van der Waals surface area contributed by atoms with Gasteiger partial charge in [0.15, 0.2) is 5.76 Å². The van der Waals surface area contributed by atoms with Crippen LogP contribution in [0.15, 0.2) is 72.5 Å². The zero-order valence-corrected chi connectivity index (χ0v) is 17.7. The van der Waals surface area contributed by atoms with E-state index in [9.17, 15) is 4.79 Å². The van der Waals surface area contributed by atoms with Gasteiger partial charge in [0.2, 0.25) is 5.78 Å². The van der Waals surface area contributed by atoms with E-state index in [1.165, 1.54) is 0 Å². The van der Waals surface area contributed by atoms with Crippen LogP contribution in [0.3, 0.4) is 0 Å². The van der Waals surface area contributed by atoms with Gasteiger partial charge in [-0.2, -0.15) is 0 Å². The van der Waals surface area contributed by atoms with Crippen molar-refractivity contribution in [2.24, 2.45) is 0 Å². The molecule has 0 aliphatic carbocycles. The van der Waals surface area contributed by atoms with E-state index in [0.717, 1.165) is 11.1 Å². The molecular weight excluding hydrogens is 419 g/mol. The average Bonchev–Trinajstić information content (AvgIpc) is 3.07. The second-order valence-corrected chi connectivity index (χ2v) is 7.58. The minimum atomic E-state index is -0.209. The van der Waals surface area contributed by atoms with Crippen LogP contribution in [0.25, 0.3) is 12.2 Å². The van der Waals surface area contributed by atoms with Crippen LogP contribution < -0.4 is 9.47 Å². The highest BCUT2D eigenvalue weighted by atomic mass is 35.5. The summed E-state index contributed by atoms with van der Waals surface area (Å²) < 4.78 is 11.7. The number of carbonyl (C=O) groups is 1. The normalized spacial score (nSPS) is 14.2. The molecule has 0 N–H and O–H groups in total. The summed E-state index contributed by atoms with van der Waals surface area (Å²) in [4.78, 5) is 12.8. The summed E-state index contributed by atoms with van der Waals surface area (Å²) >= 11 is 12.4. The average molecular weight is 437 g/mol. The van der Waals surface area contributed by atoms with Crippen molar-refractivity contribution in [2.75, 3.05) is 6.61 Å². The topological polar surface area (TPSA) is 35.5 Å². The molecule has 0 aromatic heterocycles. The first kappa shape index (κ1) is 20.3. The summed E-state index contributed by atoms with van der Waals surface area (Å²) in [7, 11) is 0. The van der Waals surface area contributed by atoms with Crippen molar-refractivity contribution in [3.8, 4) is 11.5 Å². The number of ketones is 1. The Morgan fingerprint density at radius 3 is 2.43 bits per heavy atom. The molecule has 1 aliphatic rings. The number of allylic oxidation sites excluding steroid dienone is 1. The van der Waals surface area contributed by atoms with Crippen LogP contribution in [-0.4, -0.2) is 12.4 Å². The Morgan fingerprint density at radius 2 is 1.70 bits per heavy atom. The number of carbonyl (C=O) groups excluding carboxylic acids is 1. The number of fused-ring (bicyclic) bond motifs is 1. The molecule has 1 aliphatic heterocycles. The number of Topliss-reactive ketones (excluding diaryl/α,β-unsaturated/α-hetero) is 1. The molecule has 4 rings (SSSR count). The molecule has 30 heavy (non-hydrogen) atoms. The summed E-state index contributed by atoms with van der Waals surface area (Å²) in [5, 5.41) is 0.904. The van der Waals surface area contributed by atoms with Gasteiger partial charge in [-0.1, -0.05) is 65.7 Å². The zero-order chi connectivity index (χ0) is 21.1. The molecule has 3 nitrogen and oxygen atoms in total. The second kappa shape index (κ2) is 8.78. The molecule has 0 spiro atoms. The van der Waals surface area contributed by atoms with E-state index in [1.54, 1.807) is 36.4 Å². The number of ether oxygens (including phenoxy) is 2. The van der Waals surface area contributed by atoms with Gasteiger partial charge in [-0.15, -0.1) is 0 Å². The van der Waals surface area contributed by atoms with Crippen molar-refractivity contribution in [1.29, 1.82) is 0 Å². The van der Waals surface area contributed by atoms with E-state index in [4.69, 9.17) is 32.7 Å². The fourth-order valence-electron chi connectivity index (χ4n) is 3.19. The van der Waals surface area contributed by atoms with Crippen LogP contribution in [0.4, 0.5) is 0 Å². The van der Waals surface area contributed by atoms with Gasteiger partial charge in [0, 0.05) is 21.2 Å². The third kappa shape index (κ3) is 4.13. The molecule has 3 aromatic rings. The van der Waals surface area contributed by atoms with Gasteiger partial charge in [0.1, 0.15) is 18.1 Å². The SMILES string of the molecule is Cc1c(OC/C=C/c2ccccc2)ccc2c1O/C(=C\c1c(Cl)cccc1Cl)C2=O. The minimum Gasteiger partial charge on any atom is -0.489 e. The van der Waals surface area contributed by atoms with E-state index >= 15 is 0 Å². The van der Waals surface area contributed by atoms with Crippen LogP contribution >= 0.6 is 23.2 Å². The Labute approximate surface area is 185 Å². The van der Waals surface area contributed by atoms with Crippen LogP contribution in [0.1, 0.15) is 27.0 Å². The first-order chi connectivity index (χ1) is 14.5. The maximum absolute atomic E-state index is 12.8. The molecule has 0 unspecified atom stereocenters. The Morgan fingerprint density at radius 1 is 0.967 bits per heavy atom. The monoisotopic (exact) mass is 436 g/mol. The molecule has 0 atom stereocenters. The maximum atomic E-state index is 12.8. The summed E-state index contributed by atoms with van der Waals surface area (Å²) in [5.41, 5.74) is 2.92. The zero-order valence-electron chi connectivity index (χ0n) is 16.2. The first-order valence-corrected chi connectivity index (χ1v) is 10.2. The van der Waals surface area contributed by atoms with Gasteiger partial charge >= 0.3 is 0 Å². The van der Waals surface area contributed by atoms with E-state index in [1.807, 2.05) is 49.4 Å². The summed E-state index contributed by atoms with van der Waals surface area (Å²) in [6.07, 6.45) is 5.52. The quantitative estimate of drug-likeness (QED) is 0.403. The predicted molar refractivity (Wildman–Crippen MR) is 122 cm³/mol. The molecule has 5 heteroatoms. The van der Waals surface area contributed by atoms with Crippen molar-refractivity contribution in [1.82, 2.24) is 0 Å². The standard InChI is InChI=1S/C25H18Cl2O3/c1-16-22(29-14-6-9-17-7-3-2-4-8-17)13-12-18-24(28)23(30-25(16)18)15-19-20(26)10-5-11-21(19)27/h2-13,15H,14H2,1H3/b9-6+,23-15-. The van der Waals surface area contributed by atoms with Crippen molar-refractivity contribution in [3.63, 3.8) is 0 Å². The highest BCUT2D eigenvalue weighted by Crippen LogP contribution is 2.40. The second-order valence-electron chi connectivity index (χ2n) is 6.76. The van der Waals surface area contributed by atoms with Crippen molar-refractivity contribution in [3.05, 3.63) is 105 Å². The first-order valence-electron chi connectivity index (χ1n) is 9.41. The molecule has 0 bridgehead atoms. The number of halogens is 2. The molecular formula is C25H18Cl2O3. The Hall–Kier alpha value is -3.01.